The number of rotatable bonds is 10. The number of methoxy groups -OCH3 is 1. The molecule has 0 aliphatic heterocycles. The lowest BCUT2D eigenvalue weighted by molar-refractivity contribution is -0.184. The number of esters is 2. The third kappa shape index (κ3) is 5.13. The summed E-state index contributed by atoms with van der Waals surface area (Å²) in [6.07, 6.45) is 5.54. The van der Waals surface area contributed by atoms with Crippen molar-refractivity contribution >= 4 is 11.9 Å². The molecule has 0 heterocycles. The number of hydrogen-bond donors (Lipinski definition) is 1. The SMILES string of the molecule is C=C(C)C(=O)OCC(O)(COCOC)CC(=O)OC1C2CC3CC(C2)CC1C3. The van der Waals surface area contributed by atoms with Gasteiger partial charge in [-0.15, -0.1) is 0 Å². The van der Waals surface area contributed by atoms with Crippen molar-refractivity contribution in [2.75, 3.05) is 27.1 Å². The molecule has 0 spiro atoms. The van der Waals surface area contributed by atoms with Crippen LogP contribution in [0.5, 0.6) is 0 Å². The summed E-state index contributed by atoms with van der Waals surface area (Å²) in [7, 11) is 1.46. The first kappa shape index (κ1) is 21.3. The van der Waals surface area contributed by atoms with E-state index in [4.69, 9.17) is 18.9 Å². The van der Waals surface area contributed by atoms with Gasteiger partial charge in [-0.25, -0.2) is 4.79 Å². The van der Waals surface area contributed by atoms with Crippen LogP contribution in [0.3, 0.4) is 0 Å². The molecule has 4 saturated carbocycles. The lowest BCUT2D eigenvalue weighted by Gasteiger charge is -2.53. The molecule has 1 unspecified atom stereocenters. The molecule has 0 radical (unpaired) electrons. The van der Waals surface area contributed by atoms with E-state index < -0.39 is 17.5 Å². The van der Waals surface area contributed by atoms with Crippen LogP contribution in [0.25, 0.3) is 0 Å². The molecule has 1 atom stereocenters. The molecule has 0 aromatic carbocycles. The van der Waals surface area contributed by atoms with E-state index in [9.17, 15) is 14.7 Å². The predicted octanol–water partition coefficient (Wildman–Crippen LogP) is 2.22. The summed E-state index contributed by atoms with van der Waals surface area (Å²) in [6, 6.07) is 0. The average molecular weight is 396 g/mol. The smallest absolute Gasteiger partial charge is 0.333 e. The highest BCUT2D eigenvalue weighted by Crippen LogP contribution is 2.54. The third-order valence-electron chi connectivity index (χ3n) is 6.27. The van der Waals surface area contributed by atoms with E-state index in [1.54, 1.807) is 0 Å². The second kappa shape index (κ2) is 8.93. The molecule has 7 nitrogen and oxygen atoms in total. The first-order chi connectivity index (χ1) is 13.3. The maximum atomic E-state index is 12.6. The summed E-state index contributed by atoms with van der Waals surface area (Å²) in [6.45, 7) is 4.41. The van der Waals surface area contributed by atoms with E-state index in [0.717, 1.165) is 37.5 Å². The fourth-order valence-electron chi connectivity index (χ4n) is 5.31. The lowest BCUT2D eigenvalue weighted by Crippen LogP contribution is -2.51. The quantitative estimate of drug-likeness (QED) is 0.262. The Bertz CT molecular complexity index is 574. The number of hydrogen-bond acceptors (Lipinski definition) is 7. The standard InChI is InChI=1S/C21H32O7/c1-13(2)20(23)27-11-21(24,10-26-12-25-3)9-18(22)28-19-16-5-14-4-15(7-16)8-17(19)6-14/h14-17,19,24H,1,4-12H2,2-3H3. The van der Waals surface area contributed by atoms with Gasteiger partial charge < -0.3 is 24.1 Å². The molecule has 4 fully saturated rings. The Morgan fingerprint density at radius 2 is 1.68 bits per heavy atom. The normalized spacial score (nSPS) is 32.6. The van der Waals surface area contributed by atoms with Crippen LogP contribution >= 0.6 is 0 Å². The minimum Gasteiger partial charge on any atom is -0.462 e. The summed E-state index contributed by atoms with van der Waals surface area (Å²) in [5.41, 5.74) is -1.46. The Morgan fingerprint density at radius 1 is 1.07 bits per heavy atom. The van der Waals surface area contributed by atoms with Crippen LogP contribution in [0, 0.1) is 23.7 Å². The number of carbonyl (C=O) groups is 2. The van der Waals surface area contributed by atoms with Gasteiger partial charge in [-0.05, 0) is 62.7 Å². The molecule has 4 aliphatic carbocycles. The molecule has 28 heavy (non-hydrogen) atoms. The Hall–Kier alpha value is -1.44. The monoisotopic (exact) mass is 396 g/mol. The summed E-state index contributed by atoms with van der Waals surface area (Å²) in [5, 5.41) is 10.8. The highest BCUT2D eigenvalue weighted by Gasteiger charge is 2.50. The zero-order chi connectivity index (χ0) is 20.3. The Morgan fingerprint density at radius 3 is 2.21 bits per heavy atom. The van der Waals surface area contributed by atoms with Crippen molar-refractivity contribution in [3.05, 3.63) is 12.2 Å². The van der Waals surface area contributed by atoms with Crippen LogP contribution in [0.4, 0.5) is 0 Å². The summed E-state index contributed by atoms with van der Waals surface area (Å²) in [4.78, 5) is 24.3. The van der Waals surface area contributed by atoms with Crippen molar-refractivity contribution in [3.63, 3.8) is 0 Å². The van der Waals surface area contributed by atoms with Crippen molar-refractivity contribution in [2.24, 2.45) is 23.7 Å². The topological polar surface area (TPSA) is 91.3 Å². The predicted molar refractivity (Wildman–Crippen MR) is 100 cm³/mol. The summed E-state index contributed by atoms with van der Waals surface area (Å²) < 4.78 is 21.0. The lowest BCUT2D eigenvalue weighted by atomic mass is 9.55. The Labute approximate surface area is 166 Å². The minimum atomic E-state index is -1.67. The molecule has 0 aromatic rings. The van der Waals surface area contributed by atoms with E-state index in [-0.39, 0.29) is 38.1 Å². The Kier molecular flexibility index (Phi) is 6.78. The zero-order valence-corrected chi connectivity index (χ0v) is 16.9. The van der Waals surface area contributed by atoms with Gasteiger partial charge in [0.05, 0.1) is 13.0 Å². The van der Waals surface area contributed by atoms with Crippen LogP contribution in [0.15, 0.2) is 12.2 Å². The van der Waals surface area contributed by atoms with Crippen LogP contribution in [-0.2, 0) is 28.5 Å². The van der Waals surface area contributed by atoms with Gasteiger partial charge in [0.25, 0.3) is 0 Å². The van der Waals surface area contributed by atoms with E-state index >= 15 is 0 Å². The van der Waals surface area contributed by atoms with Gasteiger partial charge in [0.1, 0.15) is 25.1 Å². The van der Waals surface area contributed by atoms with Gasteiger partial charge in [-0.1, -0.05) is 6.58 Å². The van der Waals surface area contributed by atoms with Crippen molar-refractivity contribution in [1.29, 1.82) is 0 Å². The number of ether oxygens (including phenoxy) is 4. The molecule has 0 saturated heterocycles. The largest absolute Gasteiger partial charge is 0.462 e. The van der Waals surface area contributed by atoms with Gasteiger partial charge in [-0.3, -0.25) is 4.79 Å². The molecule has 1 N–H and O–H groups in total. The molecule has 4 bridgehead atoms. The van der Waals surface area contributed by atoms with Gasteiger partial charge >= 0.3 is 11.9 Å². The van der Waals surface area contributed by atoms with Crippen molar-refractivity contribution in [3.8, 4) is 0 Å². The number of aliphatic hydroxyl groups is 1. The zero-order valence-electron chi connectivity index (χ0n) is 16.9. The maximum Gasteiger partial charge on any atom is 0.333 e. The highest BCUT2D eigenvalue weighted by molar-refractivity contribution is 5.87. The number of carbonyl (C=O) groups excluding carboxylic acids is 2. The van der Waals surface area contributed by atoms with Crippen molar-refractivity contribution in [2.45, 2.75) is 57.2 Å². The van der Waals surface area contributed by atoms with E-state index in [1.165, 1.54) is 20.5 Å². The van der Waals surface area contributed by atoms with Gasteiger partial charge in [0, 0.05) is 12.7 Å². The average Bonchev–Trinajstić information content (AvgIpc) is 2.62. The molecule has 0 amide bonds. The maximum absolute atomic E-state index is 12.6. The van der Waals surface area contributed by atoms with Crippen molar-refractivity contribution < 1.29 is 33.6 Å². The molecule has 158 valence electrons. The summed E-state index contributed by atoms with van der Waals surface area (Å²) in [5.74, 6) is 1.36. The molecular formula is C21H32O7. The molecule has 4 aliphatic rings. The second-order valence-corrected chi connectivity index (χ2v) is 8.90. The highest BCUT2D eigenvalue weighted by atomic mass is 16.7. The second-order valence-electron chi connectivity index (χ2n) is 8.90. The van der Waals surface area contributed by atoms with Crippen molar-refractivity contribution in [1.82, 2.24) is 0 Å². The van der Waals surface area contributed by atoms with E-state index in [1.807, 2.05) is 0 Å². The van der Waals surface area contributed by atoms with Gasteiger partial charge in [0.15, 0.2) is 0 Å². The molecule has 0 aromatic heterocycles. The van der Waals surface area contributed by atoms with E-state index in [0.29, 0.717) is 11.8 Å². The minimum absolute atomic E-state index is 0.0403. The van der Waals surface area contributed by atoms with Gasteiger partial charge in [-0.2, -0.15) is 0 Å². The fourth-order valence-corrected chi connectivity index (χ4v) is 5.31. The van der Waals surface area contributed by atoms with Crippen LogP contribution in [0.2, 0.25) is 0 Å². The van der Waals surface area contributed by atoms with Crippen LogP contribution < -0.4 is 0 Å². The van der Waals surface area contributed by atoms with Crippen LogP contribution in [-0.4, -0.2) is 55.9 Å². The Balaban J connectivity index is 1.56. The molecule has 7 heteroatoms. The molecule has 4 rings (SSSR count). The first-order valence-corrected chi connectivity index (χ1v) is 10.1. The third-order valence-corrected chi connectivity index (χ3v) is 6.27. The fraction of sp³-hybridized carbons (Fsp3) is 0.810. The van der Waals surface area contributed by atoms with E-state index in [2.05, 4.69) is 6.58 Å². The van der Waals surface area contributed by atoms with Crippen LogP contribution in [0.1, 0.15) is 45.4 Å². The first-order valence-electron chi connectivity index (χ1n) is 10.1. The summed E-state index contributed by atoms with van der Waals surface area (Å²) >= 11 is 0. The molecular weight excluding hydrogens is 364 g/mol. The van der Waals surface area contributed by atoms with Gasteiger partial charge in [0.2, 0.25) is 0 Å².